The summed E-state index contributed by atoms with van der Waals surface area (Å²) in [5.74, 6) is 0. The van der Waals surface area contributed by atoms with Crippen LogP contribution in [0.4, 0.5) is 0 Å². The third-order valence-corrected chi connectivity index (χ3v) is 1.72. The minimum atomic E-state index is -0.215. The van der Waals surface area contributed by atoms with Gasteiger partial charge in [-0.2, -0.15) is 0 Å². The highest BCUT2D eigenvalue weighted by molar-refractivity contribution is 5.59. The molecule has 0 aromatic heterocycles. The zero-order valence-corrected chi connectivity index (χ0v) is 6.24. The zero-order valence-electron chi connectivity index (χ0n) is 6.24. The van der Waals surface area contributed by atoms with E-state index >= 15 is 0 Å². The van der Waals surface area contributed by atoms with Crippen molar-refractivity contribution in [3.8, 4) is 0 Å². The fraction of sp³-hybridized carbons (Fsp3) is 0.333. The molecule has 2 atom stereocenters. The average Bonchev–Trinajstić information content (AvgIpc) is 2.47. The van der Waals surface area contributed by atoms with E-state index in [1.54, 1.807) is 12.5 Å². The van der Waals surface area contributed by atoms with Crippen LogP contribution in [0.2, 0.25) is 0 Å². The Kier molecular flexibility index (Phi) is 1.67. The summed E-state index contributed by atoms with van der Waals surface area (Å²) in [6.07, 6.45) is 3.77. The molecule has 0 radical (unpaired) electrons. The van der Waals surface area contributed by atoms with Crippen LogP contribution in [-0.4, -0.2) is 25.2 Å². The molecule has 64 valence electrons. The van der Waals surface area contributed by atoms with Crippen LogP contribution in [0.25, 0.3) is 0 Å². The molecule has 0 aromatic rings. The molecule has 1 saturated heterocycles. The van der Waals surface area contributed by atoms with Crippen LogP contribution in [0.15, 0.2) is 16.9 Å². The lowest BCUT2D eigenvalue weighted by atomic mass is 10.4. The van der Waals surface area contributed by atoms with Crippen molar-refractivity contribution in [3.05, 3.63) is 11.9 Å². The monoisotopic (exact) mass is 167 g/mol. The van der Waals surface area contributed by atoms with Gasteiger partial charge in [0.05, 0.1) is 18.2 Å². The topological polar surface area (TPSA) is 77.5 Å². The number of nitrogens with zero attached hydrogens (tertiary/aromatic N) is 1. The molecule has 0 aliphatic carbocycles. The lowest BCUT2D eigenvalue weighted by molar-refractivity contribution is -0.110. The molecular formula is C6H9N5O. The lowest BCUT2D eigenvalue weighted by Gasteiger charge is -2.13. The highest BCUT2D eigenvalue weighted by atomic mass is 16.1. The minimum absolute atomic E-state index is 0.0277. The molecule has 1 amide bonds. The van der Waals surface area contributed by atoms with Crippen LogP contribution >= 0.6 is 0 Å². The van der Waals surface area contributed by atoms with Gasteiger partial charge in [-0.3, -0.25) is 10.1 Å². The van der Waals surface area contributed by atoms with E-state index in [0.717, 1.165) is 5.70 Å². The first-order valence-electron chi connectivity index (χ1n) is 3.60. The zero-order chi connectivity index (χ0) is 8.39. The molecule has 1 fully saturated rings. The number of carbonyl (C=O) groups excluding carboxylic acids is 1. The number of amides is 1. The van der Waals surface area contributed by atoms with Crippen LogP contribution < -0.4 is 21.3 Å². The van der Waals surface area contributed by atoms with Gasteiger partial charge in [0.25, 0.3) is 0 Å². The SMILES string of the molecule is O=CNC1NC2=CN=CNC2N1. The molecular weight excluding hydrogens is 158 g/mol. The Balaban J connectivity index is 2.02. The van der Waals surface area contributed by atoms with Crippen molar-refractivity contribution in [2.75, 3.05) is 0 Å². The fourth-order valence-electron chi connectivity index (χ4n) is 1.19. The lowest BCUT2D eigenvalue weighted by Crippen LogP contribution is -2.48. The summed E-state index contributed by atoms with van der Waals surface area (Å²) in [5, 5.41) is 11.6. The molecule has 6 heteroatoms. The molecule has 2 aliphatic rings. The summed E-state index contributed by atoms with van der Waals surface area (Å²) in [4.78, 5) is 14.0. The number of rotatable bonds is 2. The van der Waals surface area contributed by atoms with Gasteiger partial charge >= 0.3 is 0 Å². The molecule has 4 N–H and O–H groups in total. The van der Waals surface area contributed by atoms with Crippen molar-refractivity contribution < 1.29 is 4.79 Å². The van der Waals surface area contributed by atoms with E-state index in [0.29, 0.717) is 6.41 Å². The molecule has 2 rings (SSSR count). The number of carbonyl (C=O) groups is 1. The Bertz CT molecular complexity index is 248. The minimum Gasteiger partial charge on any atom is -0.356 e. The van der Waals surface area contributed by atoms with Crippen molar-refractivity contribution >= 4 is 12.7 Å². The van der Waals surface area contributed by atoms with Crippen LogP contribution in [0.1, 0.15) is 0 Å². The maximum atomic E-state index is 10.1. The smallest absolute Gasteiger partial charge is 0.209 e. The van der Waals surface area contributed by atoms with E-state index in [1.807, 2.05) is 0 Å². The number of hydrogen-bond donors (Lipinski definition) is 4. The Morgan fingerprint density at radius 3 is 3.33 bits per heavy atom. The molecule has 0 aromatic carbocycles. The Hall–Kier alpha value is -1.56. The van der Waals surface area contributed by atoms with Gasteiger partial charge in [0.15, 0.2) is 6.29 Å². The van der Waals surface area contributed by atoms with Gasteiger partial charge in [0.2, 0.25) is 6.41 Å². The quantitative estimate of drug-likeness (QED) is 0.359. The molecule has 0 spiro atoms. The van der Waals surface area contributed by atoms with Gasteiger partial charge in [-0.1, -0.05) is 0 Å². The van der Waals surface area contributed by atoms with Gasteiger partial charge in [-0.25, -0.2) is 4.99 Å². The fourth-order valence-corrected chi connectivity index (χ4v) is 1.19. The van der Waals surface area contributed by atoms with Gasteiger partial charge < -0.3 is 16.0 Å². The van der Waals surface area contributed by atoms with Gasteiger partial charge in [-0.15, -0.1) is 0 Å². The van der Waals surface area contributed by atoms with E-state index in [-0.39, 0.29) is 12.5 Å². The van der Waals surface area contributed by atoms with Crippen molar-refractivity contribution in [2.24, 2.45) is 4.99 Å². The highest BCUT2D eigenvalue weighted by Gasteiger charge is 2.27. The summed E-state index contributed by atoms with van der Waals surface area (Å²) >= 11 is 0. The van der Waals surface area contributed by atoms with Crippen LogP contribution in [0, 0.1) is 0 Å². The second-order valence-corrected chi connectivity index (χ2v) is 2.49. The maximum absolute atomic E-state index is 10.1. The molecule has 2 heterocycles. The van der Waals surface area contributed by atoms with E-state index in [2.05, 4.69) is 26.3 Å². The van der Waals surface area contributed by atoms with E-state index in [4.69, 9.17) is 0 Å². The van der Waals surface area contributed by atoms with Gasteiger partial charge in [0, 0.05) is 0 Å². The maximum Gasteiger partial charge on any atom is 0.209 e. The Morgan fingerprint density at radius 2 is 2.58 bits per heavy atom. The largest absolute Gasteiger partial charge is 0.356 e. The molecule has 0 saturated carbocycles. The number of nitrogens with one attached hydrogen (secondary N) is 4. The van der Waals surface area contributed by atoms with Crippen molar-refractivity contribution in [1.29, 1.82) is 0 Å². The summed E-state index contributed by atoms with van der Waals surface area (Å²) in [6, 6.07) is 0. The van der Waals surface area contributed by atoms with Crippen LogP contribution in [0.3, 0.4) is 0 Å². The summed E-state index contributed by atoms with van der Waals surface area (Å²) in [6.45, 7) is 0. The molecule has 0 bridgehead atoms. The van der Waals surface area contributed by atoms with Crippen LogP contribution in [-0.2, 0) is 4.79 Å². The molecule has 2 aliphatic heterocycles. The van der Waals surface area contributed by atoms with E-state index < -0.39 is 0 Å². The summed E-state index contributed by atoms with van der Waals surface area (Å²) in [5.41, 5.74) is 0.928. The number of aliphatic imine (C=N–C) groups is 1. The number of hydrogen-bond acceptors (Lipinski definition) is 5. The predicted molar refractivity (Wildman–Crippen MR) is 42.8 cm³/mol. The first-order valence-corrected chi connectivity index (χ1v) is 3.60. The third-order valence-electron chi connectivity index (χ3n) is 1.72. The van der Waals surface area contributed by atoms with Gasteiger partial charge in [0.1, 0.15) is 6.17 Å². The van der Waals surface area contributed by atoms with Crippen molar-refractivity contribution in [2.45, 2.75) is 12.5 Å². The standard InChI is InChI=1S/C6H9N5O/c12-3-9-6-10-4-1-7-2-8-5(4)11-6/h1-3,5-6,10-11H,(H,7,8)(H,9,12). The summed E-state index contributed by atoms with van der Waals surface area (Å²) in [7, 11) is 0. The molecule has 2 unspecified atom stereocenters. The first-order chi connectivity index (χ1) is 5.90. The second kappa shape index (κ2) is 2.82. The highest BCUT2D eigenvalue weighted by Crippen LogP contribution is 2.06. The van der Waals surface area contributed by atoms with Crippen LogP contribution in [0.5, 0.6) is 0 Å². The van der Waals surface area contributed by atoms with E-state index in [1.165, 1.54) is 0 Å². The average molecular weight is 167 g/mol. The first kappa shape index (κ1) is 7.11. The number of fused-ring (bicyclic) bond motifs is 1. The Labute approximate surface area is 69.1 Å². The van der Waals surface area contributed by atoms with E-state index in [9.17, 15) is 4.79 Å². The summed E-state index contributed by atoms with van der Waals surface area (Å²) < 4.78 is 0. The molecule has 6 nitrogen and oxygen atoms in total. The normalized spacial score (nSPS) is 31.2. The van der Waals surface area contributed by atoms with Gasteiger partial charge in [-0.05, 0) is 0 Å². The van der Waals surface area contributed by atoms with Crippen molar-refractivity contribution in [3.63, 3.8) is 0 Å². The third kappa shape index (κ3) is 1.12. The Morgan fingerprint density at radius 1 is 1.67 bits per heavy atom. The van der Waals surface area contributed by atoms with Crippen molar-refractivity contribution in [1.82, 2.24) is 21.3 Å². The second-order valence-electron chi connectivity index (χ2n) is 2.49. The molecule has 12 heavy (non-hydrogen) atoms. The predicted octanol–water partition coefficient (Wildman–Crippen LogP) is -1.99.